The highest BCUT2D eigenvalue weighted by molar-refractivity contribution is 7.92. The molecule has 0 aliphatic heterocycles. The van der Waals surface area contributed by atoms with E-state index in [1.165, 1.54) is 30.3 Å². The first-order valence-electron chi connectivity index (χ1n) is 8.09. The number of sulfonamides is 1. The van der Waals surface area contributed by atoms with Gasteiger partial charge in [-0.2, -0.15) is 10.2 Å². The smallest absolute Gasteiger partial charge is 0.229 e. The molecule has 0 aliphatic carbocycles. The van der Waals surface area contributed by atoms with Crippen LogP contribution in [0.2, 0.25) is 0 Å². The highest BCUT2D eigenvalue weighted by Gasteiger charge is 2.13. The first kappa shape index (κ1) is 20.0. The number of para-hydroxylation sites is 2. The number of nitriles is 1. The summed E-state index contributed by atoms with van der Waals surface area (Å²) in [6.07, 6.45) is 1.86. The third kappa shape index (κ3) is 4.94. The molecule has 3 N–H and O–H groups in total. The molecule has 2 aromatic carbocycles. The molecule has 0 atom stereocenters. The monoisotopic (exact) mass is 416 g/mol. The molecule has 0 saturated heterocycles. The van der Waals surface area contributed by atoms with Crippen molar-refractivity contribution in [2.75, 3.05) is 21.6 Å². The molecule has 1 heterocycles. The summed E-state index contributed by atoms with van der Waals surface area (Å²) in [6, 6.07) is 12.1. The molecule has 0 radical (unpaired) electrons. The van der Waals surface area contributed by atoms with Crippen molar-refractivity contribution in [1.29, 1.82) is 5.26 Å². The number of hydrogen-bond acceptors (Lipinski definition) is 7. The van der Waals surface area contributed by atoms with Crippen LogP contribution in [0.5, 0.6) is 0 Å². The molecule has 0 bridgehead atoms. The van der Waals surface area contributed by atoms with Gasteiger partial charge in [0.15, 0.2) is 17.5 Å². The Morgan fingerprint density at radius 1 is 1.00 bits per heavy atom. The van der Waals surface area contributed by atoms with Crippen LogP contribution >= 0.6 is 0 Å². The molecule has 3 aromatic rings. The van der Waals surface area contributed by atoms with Gasteiger partial charge >= 0.3 is 0 Å². The summed E-state index contributed by atoms with van der Waals surface area (Å²) in [6.45, 7) is 0. The second kappa shape index (κ2) is 8.07. The molecular weight excluding hydrogens is 402 g/mol. The largest absolute Gasteiger partial charge is 0.336 e. The van der Waals surface area contributed by atoms with Crippen LogP contribution < -0.4 is 15.4 Å². The van der Waals surface area contributed by atoms with Crippen LogP contribution in [0, 0.1) is 23.0 Å². The van der Waals surface area contributed by atoms with E-state index in [4.69, 9.17) is 5.26 Å². The van der Waals surface area contributed by atoms with Gasteiger partial charge in [-0.25, -0.2) is 22.2 Å². The van der Waals surface area contributed by atoms with Crippen LogP contribution in [0.25, 0.3) is 0 Å². The molecule has 0 aliphatic rings. The molecule has 3 rings (SSSR count). The Bertz CT molecular complexity index is 1210. The van der Waals surface area contributed by atoms with Crippen LogP contribution in [0.4, 0.5) is 37.6 Å². The molecule has 29 heavy (non-hydrogen) atoms. The number of nitrogens with one attached hydrogen (secondary N) is 3. The van der Waals surface area contributed by atoms with Crippen molar-refractivity contribution in [3.63, 3.8) is 0 Å². The summed E-state index contributed by atoms with van der Waals surface area (Å²) < 4.78 is 53.7. The van der Waals surface area contributed by atoms with Crippen LogP contribution in [0.3, 0.4) is 0 Å². The summed E-state index contributed by atoms with van der Waals surface area (Å²) in [5, 5.41) is 14.2. The van der Waals surface area contributed by atoms with Gasteiger partial charge in [-0.1, -0.05) is 18.2 Å². The second-order valence-electron chi connectivity index (χ2n) is 5.84. The zero-order chi connectivity index (χ0) is 21.0. The summed E-state index contributed by atoms with van der Waals surface area (Å²) >= 11 is 0. The van der Waals surface area contributed by atoms with E-state index >= 15 is 0 Å². The third-order valence-corrected chi connectivity index (χ3v) is 4.18. The molecular formula is C18H14F2N6O2S. The average Bonchev–Trinajstić information content (AvgIpc) is 2.66. The molecule has 0 unspecified atom stereocenters. The maximum Gasteiger partial charge on any atom is 0.229 e. The van der Waals surface area contributed by atoms with Gasteiger partial charge in [-0.15, -0.1) is 0 Å². The highest BCUT2D eigenvalue weighted by Crippen LogP contribution is 2.27. The minimum Gasteiger partial charge on any atom is -0.336 e. The number of rotatable bonds is 6. The molecule has 11 heteroatoms. The zero-order valence-electron chi connectivity index (χ0n) is 14.9. The van der Waals surface area contributed by atoms with Gasteiger partial charge in [0, 0.05) is 0 Å². The third-order valence-electron chi connectivity index (χ3n) is 3.59. The number of halogens is 2. The van der Waals surface area contributed by atoms with E-state index in [0.717, 1.165) is 12.5 Å². The fourth-order valence-electron chi connectivity index (χ4n) is 2.36. The summed E-state index contributed by atoms with van der Waals surface area (Å²) in [5.41, 5.74) is 0.214. The predicted octanol–water partition coefficient (Wildman–Crippen LogP) is 3.49. The lowest BCUT2D eigenvalue weighted by atomic mass is 10.2. The Kier molecular flexibility index (Phi) is 5.56. The second-order valence-corrected chi connectivity index (χ2v) is 7.59. The van der Waals surface area contributed by atoms with Crippen LogP contribution in [-0.2, 0) is 10.0 Å². The van der Waals surface area contributed by atoms with Crippen molar-refractivity contribution in [1.82, 2.24) is 9.97 Å². The van der Waals surface area contributed by atoms with Crippen LogP contribution in [0.15, 0.2) is 48.7 Å². The van der Waals surface area contributed by atoms with E-state index in [1.807, 2.05) is 0 Å². The van der Waals surface area contributed by atoms with E-state index in [9.17, 15) is 17.2 Å². The standard InChI is InChI=1S/C18H14F2N6O2S/c1-29(27,28)26-14-7-3-2-6-13(14)23-17-12(19)10-22-18(25-17)24-15-8-4-5-11(9-21)16(15)20/h2-8,10,26H,1H3,(H2,22,23,24,25). The molecule has 0 amide bonds. The first-order chi connectivity index (χ1) is 13.8. The molecule has 148 valence electrons. The van der Waals surface area contributed by atoms with Gasteiger partial charge in [0.05, 0.1) is 35.1 Å². The van der Waals surface area contributed by atoms with Gasteiger partial charge < -0.3 is 10.6 Å². The SMILES string of the molecule is CS(=O)(=O)Nc1ccccc1Nc1nc(Nc2cccc(C#N)c2F)ncc1F. The quantitative estimate of drug-likeness (QED) is 0.563. The van der Waals surface area contributed by atoms with Crippen molar-refractivity contribution in [3.8, 4) is 6.07 Å². The Balaban J connectivity index is 1.91. The van der Waals surface area contributed by atoms with Gasteiger partial charge in [-0.3, -0.25) is 4.72 Å². The number of nitrogens with zero attached hydrogens (tertiary/aromatic N) is 3. The van der Waals surface area contributed by atoms with Crippen molar-refractivity contribution >= 4 is 38.9 Å². The Labute approximate surface area is 165 Å². The normalized spacial score (nSPS) is 10.8. The number of hydrogen-bond donors (Lipinski definition) is 3. The zero-order valence-corrected chi connectivity index (χ0v) is 15.8. The van der Waals surface area contributed by atoms with E-state index in [-0.39, 0.29) is 34.4 Å². The predicted molar refractivity (Wildman–Crippen MR) is 105 cm³/mol. The Morgan fingerprint density at radius 3 is 2.38 bits per heavy atom. The fourth-order valence-corrected chi connectivity index (χ4v) is 2.94. The van der Waals surface area contributed by atoms with E-state index in [1.54, 1.807) is 18.2 Å². The minimum atomic E-state index is -3.56. The van der Waals surface area contributed by atoms with Gasteiger partial charge in [0.2, 0.25) is 16.0 Å². The average molecular weight is 416 g/mol. The van der Waals surface area contributed by atoms with Crippen molar-refractivity contribution in [2.45, 2.75) is 0 Å². The maximum atomic E-state index is 14.2. The van der Waals surface area contributed by atoms with E-state index in [2.05, 4.69) is 25.3 Å². The maximum absolute atomic E-state index is 14.2. The fraction of sp³-hybridized carbons (Fsp3) is 0.0556. The number of aromatic nitrogens is 2. The minimum absolute atomic E-state index is 0.0549. The van der Waals surface area contributed by atoms with Gasteiger partial charge in [0.25, 0.3) is 0 Å². The number of benzene rings is 2. The van der Waals surface area contributed by atoms with Crippen molar-refractivity contribution in [2.24, 2.45) is 0 Å². The topological polar surface area (TPSA) is 120 Å². The molecule has 1 aromatic heterocycles. The Hall–Kier alpha value is -3.78. The van der Waals surface area contributed by atoms with Crippen molar-refractivity contribution < 1.29 is 17.2 Å². The van der Waals surface area contributed by atoms with E-state index < -0.39 is 21.7 Å². The lowest BCUT2D eigenvalue weighted by molar-refractivity contribution is 0.607. The van der Waals surface area contributed by atoms with Gasteiger partial charge in [0.1, 0.15) is 6.07 Å². The van der Waals surface area contributed by atoms with Crippen molar-refractivity contribution in [3.05, 3.63) is 65.9 Å². The van der Waals surface area contributed by atoms with E-state index in [0.29, 0.717) is 0 Å². The van der Waals surface area contributed by atoms with Crippen LogP contribution in [0.1, 0.15) is 5.56 Å². The molecule has 0 saturated carbocycles. The summed E-state index contributed by atoms with van der Waals surface area (Å²) in [5.74, 6) is -1.99. The van der Waals surface area contributed by atoms with Gasteiger partial charge in [-0.05, 0) is 24.3 Å². The molecule has 8 nitrogen and oxygen atoms in total. The Morgan fingerprint density at radius 2 is 1.69 bits per heavy atom. The number of anilines is 5. The first-order valence-corrected chi connectivity index (χ1v) is 9.98. The molecule has 0 spiro atoms. The summed E-state index contributed by atoms with van der Waals surface area (Å²) in [4.78, 5) is 7.72. The summed E-state index contributed by atoms with van der Waals surface area (Å²) in [7, 11) is -3.56. The van der Waals surface area contributed by atoms with Crippen LogP contribution in [-0.4, -0.2) is 24.6 Å². The lowest BCUT2D eigenvalue weighted by Gasteiger charge is -2.13. The lowest BCUT2D eigenvalue weighted by Crippen LogP contribution is -2.11. The molecule has 0 fully saturated rings. The highest BCUT2D eigenvalue weighted by atomic mass is 32.2.